The van der Waals surface area contributed by atoms with E-state index in [1.807, 2.05) is 6.92 Å². The molecule has 1 aliphatic carbocycles. The summed E-state index contributed by atoms with van der Waals surface area (Å²) in [7, 11) is 1.66. The number of hydrogen-bond acceptors (Lipinski definition) is 5. The van der Waals surface area contributed by atoms with E-state index in [4.69, 9.17) is 9.72 Å². The zero-order valence-corrected chi connectivity index (χ0v) is 20.6. The van der Waals surface area contributed by atoms with Crippen LogP contribution in [0.15, 0.2) is 64.3 Å². The first-order valence-electron chi connectivity index (χ1n) is 12.3. The molecule has 0 saturated heterocycles. The Balaban J connectivity index is 1.70. The van der Waals surface area contributed by atoms with Crippen molar-refractivity contribution < 1.29 is 9.53 Å². The van der Waals surface area contributed by atoms with Crippen LogP contribution in [0.2, 0.25) is 0 Å². The molecular formula is C29H29N3O4. The molecule has 1 aliphatic rings. The average molecular weight is 484 g/mol. The van der Waals surface area contributed by atoms with Gasteiger partial charge in [-0.3, -0.25) is 23.7 Å². The number of hydrogen-bond donors (Lipinski definition) is 0. The second-order valence-electron chi connectivity index (χ2n) is 9.52. The van der Waals surface area contributed by atoms with Crippen LogP contribution in [0.25, 0.3) is 22.2 Å². The minimum Gasteiger partial charge on any atom is -0.468 e. The van der Waals surface area contributed by atoms with Crippen molar-refractivity contribution in [3.63, 3.8) is 0 Å². The van der Waals surface area contributed by atoms with E-state index < -0.39 is 5.69 Å². The van der Waals surface area contributed by atoms with Crippen molar-refractivity contribution in [3.8, 4) is 11.3 Å². The van der Waals surface area contributed by atoms with E-state index in [1.165, 1.54) is 27.5 Å². The molecule has 0 aliphatic heterocycles. The normalized spacial score (nSPS) is 13.2. The number of fused-ring (bicyclic) bond motifs is 1. The molecule has 0 N–H and O–H groups in total. The molecule has 36 heavy (non-hydrogen) atoms. The lowest BCUT2D eigenvalue weighted by atomic mass is 9.95. The molecule has 1 fully saturated rings. The van der Waals surface area contributed by atoms with Gasteiger partial charge in [-0.05, 0) is 48.8 Å². The number of nitrogens with zero attached hydrogens (tertiary/aromatic N) is 3. The second kappa shape index (κ2) is 9.93. The van der Waals surface area contributed by atoms with Crippen LogP contribution in [0, 0.1) is 6.92 Å². The fourth-order valence-corrected chi connectivity index (χ4v) is 4.75. The van der Waals surface area contributed by atoms with Gasteiger partial charge in [0.05, 0.1) is 29.4 Å². The van der Waals surface area contributed by atoms with Crippen LogP contribution in [-0.4, -0.2) is 27.2 Å². The van der Waals surface area contributed by atoms with Gasteiger partial charge < -0.3 is 4.74 Å². The monoisotopic (exact) mass is 483 g/mol. The van der Waals surface area contributed by atoms with Gasteiger partial charge in [-0.25, -0.2) is 4.79 Å². The summed E-state index contributed by atoms with van der Waals surface area (Å²) in [5.41, 5.74) is 5.79. The predicted molar refractivity (Wildman–Crippen MR) is 139 cm³/mol. The van der Waals surface area contributed by atoms with Crippen LogP contribution in [0.3, 0.4) is 0 Å². The zero-order chi connectivity index (χ0) is 25.2. The minimum atomic E-state index is -0.414. The standard InChI is InChI=1S/C29H29N3O4/c1-19-4-6-20(7-5-19)16-24-26-25(31(2)29(35)32(28(26)34)14-3-15-36-18-33)17-30-27(24)23-12-10-22(11-13-23)21-8-9-21/h4-7,10-13,17-18,21H,3,8-9,14-16H2,1-2H3. The van der Waals surface area contributed by atoms with E-state index in [0.29, 0.717) is 36.1 Å². The smallest absolute Gasteiger partial charge is 0.331 e. The first kappa shape index (κ1) is 23.7. The number of carbonyl (C=O) groups excluding carboxylic acids is 1. The number of carbonyl (C=O) groups is 1. The van der Waals surface area contributed by atoms with E-state index >= 15 is 0 Å². The summed E-state index contributed by atoms with van der Waals surface area (Å²) in [6, 6.07) is 16.7. The van der Waals surface area contributed by atoms with E-state index in [1.54, 1.807) is 13.2 Å². The first-order chi connectivity index (χ1) is 17.5. The number of ether oxygens (including phenoxy) is 1. The molecule has 184 valence electrons. The van der Waals surface area contributed by atoms with Crippen LogP contribution < -0.4 is 11.2 Å². The number of benzene rings is 2. The lowest BCUT2D eigenvalue weighted by Crippen LogP contribution is -2.40. The van der Waals surface area contributed by atoms with Crippen molar-refractivity contribution in [1.29, 1.82) is 0 Å². The zero-order valence-electron chi connectivity index (χ0n) is 20.6. The first-order valence-corrected chi connectivity index (χ1v) is 12.3. The SMILES string of the molecule is Cc1ccc(Cc2c(-c3ccc(C4CC4)cc3)ncc3c2c(=O)n(CCCOC=O)c(=O)n3C)cc1. The molecule has 0 spiro atoms. The van der Waals surface area contributed by atoms with E-state index in [2.05, 4.69) is 48.5 Å². The number of aromatic nitrogens is 3. The second-order valence-corrected chi connectivity index (χ2v) is 9.52. The maximum atomic E-state index is 13.8. The van der Waals surface area contributed by atoms with E-state index in [0.717, 1.165) is 27.9 Å². The van der Waals surface area contributed by atoms with Crippen molar-refractivity contribution in [1.82, 2.24) is 14.1 Å². The van der Waals surface area contributed by atoms with Crippen molar-refractivity contribution in [2.75, 3.05) is 6.61 Å². The van der Waals surface area contributed by atoms with E-state index in [9.17, 15) is 14.4 Å². The summed E-state index contributed by atoms with van der Waals surface area (Å²) in [5.74, 6) is 0.653. The highest BCUT2D eigenvalue weighted by molar-refractivity contribution is 5.87. The van der Waals surface area contributed by atoms with Crippen molar-refractivity contribution in [3.05, 3.63) is 97.8 Å². The minimum absolute atomic E-state index is 0.141. The molecule has 7 heteroatoms. The summed E-state index contributed by atoms with van der Waals surface area (Å²) in [6.07, 6.45) is 4.97. The van der Waals surface area contributed by atoms with Crippen molar-refractivity contribution >= 4 is 17.4 Å². The van der Waals surface area contributed by atoms with Gasteiger partial charge in [0, 0.05) is 25.6 Å². The number of aryl methyl sites for hydroxylation is 2. The third-order valence-corrected chi connectivity index (χ3v) is 6.94. The number of pyridine rings is 1. The molecule has 0 amide bonds. The van der Waals surface area contributed by atoms with Gasteiger partial charge in [-0.15, -0.1) is 0 Å². The molecule has 2 heterocycles. The maximum Gasteiger partial charge on any atom is 0.331 e. The van der Waals surface area contributed by atoms with Gasteiger partial charge in [-0.1, -0.05) is 54.1 Å². The topological polar surface area (TPSA) is 83.2 Å². The Morgan fingerprint density at radius 2 is 1.78 bits per heavy atom. The highest BCUT2D eigenvalue weighted by Crippen LogP contribution is 2.40. The Kier molecular flexibility index (Phi) is 6.55. The Bertz CT molecular complexity index is 1530. The van der Waals surface area contributed by atoms with Gasteiger partial charge in [0.15, 0.2) is 0 Å². The summed E-state index contributed by atoms with van der Waals surface area (Å²) in [6.45, 7) is 2.71. The van der Waals surface area contributed by atoms with Crippen molar-refractivity contribution in [2.45, 2.75) is 45.1 Å². The lowest BCUT2D eigenvalue weighted by molar-refractivity contribution is -0.128. The number of rotatable bonds is 9. The lowest BCUT2D eigenvalue weighted by Gasteiger charge is -2.17. The van der Waals surface area contributed by atoms with Crippen LogP contribution in [0.4, 0.5) is 0 Å². The predicted octanol–water partition coefficient (Wildman–Crippen LogP) is 4.10. The van der Waals surface area contributed by atoms with Gasteiger partial charge >= 0.3 is 5.69 Å². The molecule has 2 aromatic heterocycles. The third kappa shape index (κ3) is 4.61. The molecular weight excluding hydrogens is 454 g/mol. The Hall–Kier alpha value is -4.00. The van der Waals surface area contributed by atoms with Crippen LogP contribution in [0.5, 0.6) is 0 Å². The summed E-state index contributed by atoms with van der Waals surface area (Å²) < 4.78 is 7.46. The molecule has 0 radical (unpaired) electrons. The molecule has 4 aromatic rings. The van der Waals surface area contributed by atoms with Crippen LogP contribution >= 0.6 is 0 Å². The summed E-state index contributed by atoms with van der Waals surface area (Å²) in [4.78, 5) is 42.1. The Morgan fingerprint density at radius 1 is 1.06 bits per heavy atom. The van der Waals surface area contributed by atoms with E-state index in [-0.39, 0.29) is 18.7 Å². The molecule has 1 saturated carbocycles. The molecule has 7 nitrogen and oxygen atoms in total. The van der Waals surface area contributed by atoms with Crippen molar-refractivity contribution in [2.24, 2.45) is 7.05 Å². The fraction of sp³-hybridized carbons (Fsp3) is 0.310. The molecule has 0 atom stereocenters. The van der Waals surface area contributed by atoms with Gasteiger partial charge in [0.1, 0.15) is 0 Å². The van der Waals surface area contributed by atoms with Crippen LogP contribution in [-0.2, 0) is 29.5 Å². The van der Waals surface area contributed by atoms with Gasteiger partial charge in [0.2, 0.25) is 0 Å². The maximum absolute atomic E-state index is 13.8. The molecule has 2 aromatic carbocycles. The highest BCUT2D eigenvalue weighted by atomic mass is 16.5. The molecule has 0 bridgehead atoms. The van der Waals surface area contributed by atoms with Gasteiger partial charge in [0.25, 0.3) is 12.0 Å². The quantitative estimate of drug-likeness (QED) is 0.264. The molecule has 0 unspecified atom stereocenters. The average Bonchev–Trinajstić information content (AvgIpc) is 3.74. The Labute approximate surface area is 209 Å². The largest absolute Gasteiger partial charge is 0.468 e. The highest BCUT2D eigenvalue weighted by Gasteiger charge is 2.24. The summed E-state index contributed by atoms with van der Waals surface area (Å²) >= 11 is 0. The molecule has 5 rings (SSSR count). The van der Waals surface area contributed by atoms with Crippen LogP contribution in [0.1, 0.15) is 47.4 Å². The Morgan fingerprint density at radius 3 is 2.44 bits per heavy atom. The third-order valence-electron chi connectivity index (χ3n) is 6.94. The van der Waals surface area contributed by atoms with Gasteiger partial charge in [-0.2, -0.15) is 0 Å². The summed E-state index contributed by atoms with van der Waals surface area (Å²) in [5, 5.41) is 0.491. The fourth-order valence-electron chi connectivity index (χ4n) is 4.75.